The minimum Gasteiger partial charge on any atom is -0.310 e. The summed E-state index contributed by atoms with van der Waals surface area (Å²) < 4.78 is 0. The molecule has 3 heteroatoms. The Hall–Kier alpha value is -7.72. The van der Waals surface area contributed by atoms with Gasteiger partial charge in [0.25, 0.3) is 0 Å². The molecule has 13 rings (SSSR count). The topological polar surface area (TPSA) is 16.1 Å². The van der Waals surface area contributed by atoms with Gasteiger partial charge in [-0.2, -0.15) is 0 Å². The zero-order chi connectivity index (χ0) is 46.5. The van der Waals surface area contributed by atoms with Gasteiger partial charge < -0.3 is 4.90 Å². The van der Waals surface area contributed by atoms with Crippen LogP contribution in [-0.2, 0) is 16.2 Å². The highest BCUT2D eigenvalue weighted by molar-refractivity contribution is 7.99. The standard InChI is InChI=1S/C66H50N2S/c1-64(2)54-25-13-11-23-50(54)52-37-35-48(41-58(52)64)68(49-36-38-53-51-24-12-14-26-55(51)65(3,4)59(53)42-49)47-33-31-46(32-34-47)66(56-27-15-17-29-61(56)69-62-30-18-16-28-57(62)66)63-40-45(43-19-7-5-8-20-43)39-60(67-63)44-21-9-6-10-22-44/h5-42H,1-4H3. The van der Waals surface area contributed by atoms with Gasteiger partial charge in [0.1, 0.15) is 0 Å². The number of aromatic nitrogens is 1. The summed E-state index contributed by atoms with van der Waals surface area (Å²) in [4.78, 5) is 10.7. The van der Waals surface area contributed by atoms with Gasteiger partial charge in [-0.3, -0.25) is 4.98 Å². The largest absolute Gasteiger partial charge is 0.310 e. The molecular formula is C66H50N2S. The molecule has 0 amide bonds. The van der Waals surface area contributed by atoms with Crippen molar-refractivity contribution in [1.82, 2.24) is 4.98 Å². The Morgan fingerprint density at radius 1 is 0.348 bits per heavy atom. The van der Waals surface area contributed by atoms with Gasteiger partial charge in [-0.1, -0.05) is 209 Å². The summed E-state index contributed by atoms with van der Waals surface area (Å²) in [5.74, 6) is 0. The van der Waals surface area contributed by atoms with Crippen molar-refractivity contribution in [2.24, 2.45) is 0 Å². The molecule has 69 heavy (non-hydrogen) atoms. The number of fused-ring (bicyclic) bond motifs is 8. The molecule has 1 aliphatic heterocycles. The normalized spacial score (nSPS) is 15.0. The van der Waals surface area contributed by atoms with Gasteiger partial charge in [0, 0.05) is 43.2 Å². The van der Waals surface area contributed by atoms with Crippen LogP contribution in [0.2, 0.25) is 0 Å². The summed E-state index contributed by atoms with van der Waals surface area (Å²) in [7, 11) is 0. The highest BCUT2D eigenvalue weighted by Gasteiger charge is 2.46. The fourth-order valence-electron chi connectivity index (χ4n) is 12.0. The lowest BCUT2D eigenvalue weighted by Gasteiger charge is -2.41. The third-order valence-electron chi connectivity index (χ3n) is 15.4. The average molecular weight is 903 g/mol. The second-order valence-electron chi connectivity index (χ2n) is 19.9. The van der Waals surface area contributed by atoms with Crippen LogP contribution in [0.1, 0.15) is 72.3 Å². The molecule has 1 aromatic heterocycles. The smallest absolute Gasteiger partial charge is 0.0896 e. The van der Waals surface area contributed by atoms with Gasteiger partial charge >= 0.3 is 0 Å². The molecule has 0 unspecified atom stereocenters. The number of benzene rings is 9. The van der Waals surface area contributed by atoms with E-state index in [9.17, 15) is 0 Å². The van der Waals surface area contributed by atoms with Gasteiger partial charge in [-0.25, -0.2) is 0 Å². The van der Waals surface area contributed by atoms with E-state index in [4.69, 9.17) is 4.98 Å². The molecule has 2 aliphatic carbocycles. The summed E-state index contributed by atoms with van der Waals surface area (Å²) in [5, 5.41) is 0. The lowest BCUT2D eigenvalue weighted by molar-refractivity contribution is 0.660. The van der Waals surface area contributed by atoms with Crippen LogP contribution >= 0.6 is 11.8 Å². The Morgan fingerprint density at radius 2 is 0.783 bits per heavy atom. The summed E-state index contributed by atoms with van der Waals surface area (Å²) in [5.41, 5.74) is 22.0. The summed E-state index contributed by atoms with van der Waals surface area (Å²) >= 11 is 1.85. The number of pyridine rings is 1. The van der Waals surface area contributed by atoms with Crippen molar-refractivity contribution in [2.45, 2.75) is 53.7 Å². The number of anilines is 3. The Balaban J connectivity index is 1.04. The second kappa shape index (κ2) is 15.7. The fourth-order valence-corrected chi connectivity index (χ4v) is 13.2. The van der Waals surface area contributed by atoms with Gasteiger partial charge in [-0.15, -0.1) is 0 Å². The lowest BCUT2D eigenvalue weighted by Crippen LogP contribution is -2.35. The molecule has 2 nitrogen and oxygen atoms in total. The van der Waals surface area contributed by atoms with Crippen molar-refractivity contribution in [3.63, 3.8) is 0 Å². The van der Waals surface area contributed by atoms with Crippen molar-refractivity contribution >= 4 is 28.8 Å². The minimum absolute atomic E-state index is 0.148. The van der Waals surface area contributed by atoms with Crippen LogP contribution in [0.4, 0.5) is 17.1 Å². The maximum Gasteiger partial charge on any atom is 0.0896 e. The van der Waals surface area contributed by atoms with E-state index < -0.39 is 5.41 Å². The molecule has 0 bridgehead atoms. The first-order chi connectivity index (χ1) is 33.7. The first kappa shape index (κ1) is 41.5. The molecule has 0 radical (unpaired) electrons. The van der Waals surface area contributed by atoms with E-state index in [1.54, 1.807) is 0 Å². The van der Waals surface area contributed by atoms with E-state index in [0.29, 0.717) is 0 Å². The molecule has 0 spiro atoms. The predicted octanol–water partition coefficient (Wildman–Crippen LogP) is 17.3. The molecule has 10 aromatic rings. The van der Waals surface area contributed by atoms with E-state index in [1.165, 1.54) is 71.0 Å². The first-order valence-corrected chi connectivity index (χ1v) is 24.9. The summed E-state index contributed by atoms with van der Waals surface area (Å²) in [6.45, 7) is 9.49. The summed E-state index contributed by atoms with van der Waals surface area (Å²) in [6, 6.07) is 85.5. The zero-order valence-corrected chi connectivity index (χ0v) is 40.1. The highest BCUT2D eigenvalue weighted by Crippen LogP contribution is 2.57. The van der Waals surface area contributed by atoms with Crippen molar-refractivity contribution in [3.8, 4) is 44.6 Å². The molecule has 0 saturated carbocycles. The molecule has 0 fully saturated rings. The van der Waals surface area contributed by atoms with Crippen LogP contribution in [0.25, 0.3) is 44.6 Å². The third kappa shape index (κ3) is 6.30. The molecule has 0 N–H and O–H groups in total. The second-order valence-corrected chi connectivity index (χ2v) is 21.0. The van der Waals surface area contributed by atoms with Crippen LogP contribution < -0.4 is 4.90 Å². The highest BCUT2D eigenvalue weighted by atomic mass is 32.2. The predicted molar refractivity (Wildman–Crippen MR) is 287 cm³/mol. The quantitative estimate of drug-likeness (QED) is 0.159. The van der Waals surface area contributed by atoms with Crippen LogP contribution in [0, 0.1) is 0 Å². The Bertz CT molecular complexity index is 3430. The van der Waals surface area contributed by atoms with Gasteiger partial charge in [0.15, 0.2) is 0 Å². The number of nitrogens with zero attached hydrogens (tertiary/aromatic N) is 2. The van der Waals surface area contributed by atoms with Crippen LogP contribution in [0.5, 0.6) is 0 Å². The summed E-state index contributed by atoms with van der Waals surface area (Å²) in [6.07, 6.45) is 0. The number of hydrogen-bond donors (Lipinski definition) is 0. The number of hydrogen-bond acceptors (Lipinski definition) is 3. The van der Waals surface area contributed by atoms with Gasteiger partial charge in [0.05, 0.1) is 16.8 Å². The van der Waals surface area contributed by atoms with Crippen LogP contribution in [0.15, 0.2) is 240 Å². The van der Waals surface area contributed by atoms with E-state index in [-0.39, 0.29) is 10.8 Å². The zero-order valence-electron chi connectivity index (χ0n) is 39.2. The Labute approximate surface area is 410 Å². The third-order valence-corrected chi connectivity index (χ3v) is 16.5. The van der Waals surface area contributed by atoms with Crippen LogP contribution in [-0.4, -0.2) is 4.98 Å². The SMILES string of the molecule is CC1(C)c2ccccc2-c2ccc(N(c3ccc(C4(c5cc(-c6ccccc6)cc(-c6ccccc6)n5)c5ccccc5Sc5ccccc54)cc3)c3ccc4c(c3)C(C)(C)c3ccccc3-4)cc21. The average Bonchev–Trinajstić information content (AvgIpc) is 3.77. The van der Waals surface area contributed by atoms with Crippen molar-refractivity contribution < 1.29 is 0 Å². The molecule has 2 heterocycles. The van der Waals surface area contributed by atoms with E-state index >= 15 is 0 Å². The Morgan fingerprint density at radius 3 is 1.32 bits per heavy atom. The lowest BCUT2D eigenvalue weighted by atomic mass is 9.66. The molecule has 0 saturated heterocycles. The number of rotatable bonds is 7. The van der Waals surface area contributed by atoms with E-state index in [1.807, 2.05) is 11.8 Å². The molecule has 9 aromatic carbocycles. The first-order valence-electron chi connectivity index (χ1n) is 24.1. The molecule has 0 atom stereocenters. The van der Waals surface area contributed by atoms with Gasteiger partial charge in [0.2, 0.25) is 0 Å². The van der Waals surface area contributed by atoms with Crippen molar-refractivity contribution in [1.29, 1.82) is 0 Å². The van der Waals surface area contributed by atoms with E-state index in [2.05, 4.69) is 263 Å². The van der Waals surface area contributed by atoms with E-state index in [0.717, 1.165) is 45.1 Å². The van der Waals surface area contributed by atoms with Crippen molar-refractivity contribution in [2.75, 3.05) is 4.90 Å². The van der Waals surface area contributed by atoms with Crippen molar-refractivity contribution in [3.05, 3.63) is 275 Å². The van der Waals surface area contributed by atoms with Crippen LogP contribution in [0.3, 0.4) is 0 Å². The molecule has 3 aliphatic rings. The molecule has 330 valence electrons. The fraction of sp³-hybridized carbons (Fsp3) is 0.106. The van der Waals surface area contributed by atoms with Gasteiger partial charge in [-0.05, 0) is 133 Å². The monoisotopic (exact) mass is 902 g/mol. The maximum atomic E-state index is 5.76. The molecular weight excluding hydrogens is 853 g/mol. The Kier molecular flexibility index (Phi) is 9.42. The minimum atomic E-state index is -0.747. The maximum absolute atomic E-state index is 5.76.